The van der Waals surface area contributed by atoms with Gasteiger partial charge < -0.3 is 10.2 Å². The molecule has 2 N–H and O–H groups in total. The molecule has 0 saturated carbocycles. The third kappa shape index (κ3) is 2.30. The van der Waals surface area contributed by atoms with Gasteiger partial charge in [0.25, 0.3) is 0 Å². The maximum Gasteiger partial charge on any atom is 0.327 e. The number of carbonyl (C=O) groups is 2. The summed E-state index contributed by atoms with van der Waals surface area (Å²) in [6.07, 6.45) is 0. The SMILES string of the molecule is CC(C)(C)C(C(=O)O)(C(=O)O)c1cccs1.Cl. The molecule has 1 rings (SSSR count). The van der Waals surface area contributed by atoms with Gasteiger partial charge >= 0.3 is 11.9 Å². The van der Waals surface area contributed by atoms with E-state index in [1.165, 1.54) is 0 Å². The molecule has 1 aromatic rings. The molecule has 0 aliphatic heterocycles. The van der Waals surface area contributed by atoms with E-state index in [0.29, 0.717) is 4.88 Å². The van der Waals surface area contributed by atoms with Crippen LogP contribution >= 0.6 is 23.7 Å². The first-order valence-corrected chi connectivity index (χ1v) is 5.63. The van der Waals surface area contributed by atoms with Crippen molar-refractivity contribution < 1.29 is 19.8 Å². The van der Waals surface area contributed by atoms with E-state index in [0.717, 1.165) is 11.3 Å². The van der Waals surface area contributed by atoms with Crippen molar-refractivity contribution in [2.75, 3.05) is 0 Å². The Hall–Kier alpha value is -1.07. The summed E-state index contributed by atoms with van der Waals surface area (Å²) in [4.78, 5) is 23.2. The summed E-state index contributed by atoms with van der Waals surface area (Å²) >= 11 is 1.15. The van der Waals surface area contributed by atoms with Crippen molar-refractivity contribution in [1.29, 1.82) is 0 Å². The zero-order chi connectivity index (χ0) is 12.6. The van der Waals surface area contributed by atoms with Crippen LogP contribution in [-0.4, -0.2) is 22.2 Å². The third-order valence-electron chi connectivity index (χ3n) is 2.66. The number of thiophene rings is 1. The van der Waals surface area contributed by atoms with Crippen LogP contribution in [0, 0.1) is 5.41 Å². The lowest BCUT2D eigenvalue weighted by atomic mass is 9.65. The highest BCUT2D eigenvalue weighted by molar-refractivity contribution is 7.10. The Morgan fingerprint density at radius 1 is 1.18 bits per heavy atom. The summed E-state index contributed by atoms with van der Waals surface area (Å²) in [5, 5.41) is 20.3. The number of carboxylic acids is 2. The van der Waals surface area contributed by atoms with Gasteiger partial charge in [-0.05, 0) is 16.9 Å². The second-order valence-electron chi connectivity index (χ2n) is 4.59. The summed E-state index contributed by atoms with van der Waals surface area (Å²) in [6, 6.07) is 3.21. The van der Waals surface area contributed by atoms with Gasteiger partial charge in [-0.1, -0.05) is 26.8 Å². The first kappa shape index (κ1) is 15.9. The molecule has 96 valence electrons. The minimum Gasteiger partial charge on any atom is -0.480 e. The van der Waals surface area contributed by atoms with E-state index in [-0.39, 0.29) is 12.4 Å². The number of hydrogen-bond acceptors (Lipinski definition) is 3. The summed E-state index contributed by atoms with van der Waals surface area (Å²) in [6.45, 7) is 4.86. The topological polar surface area (TPSA) is 74.6 Å². The van der Waals surface area contributed by atoms with Crippen molar-refractivity contribution in [3.05, 3.63) is 22.4 Å². The Kier molecular flexibility index (Phi) is 4.74. The third-order valence-corrected chi connectivity index (χ3v) is 3.65. The average molecular weight is 279 g/mol. The van der Waals surface area contributed by atoms with Gasteiger partial charge in [0, 0.05) is 4.88 Å². The van der Waals surface area contributed by atoms with E-state index in [1.807, 2.05) is 0 Å². The van der Waals surface area contributed by atoms with Gasteiger partial charge in [-0.2, -0.15) is 0 Å². The highest BCUT2D eigenvalue weighted by Gasteiger charge is 2.57. The van der Waals surface area contributed by atoms with Gasteiger partial charge in [-0.25, -0.2) is 0 Å². The highest BCUT2D eigenvalue weighted by atomic mass is 35.5. The minimum atomic E-state index is -1.89. The zero-order valence-corrected chi connectivity index (χ0v) is 11.4. The normalized spacial score (nSPS) is 11.7. The second kappa shape index (κ2) is 5.06. The summed E-state index contributed by atoms with van der Waals surface area (Å²) in [5.41, 5.74) is -2.79. The fraction of sp³-hybridized carbons (Fsp3) is 0.455. The first-order valence-electron chi connectivity index (χ1n) is 4.75. The molecule has 0 atom stereocenters. The monoisotopic (exact) mass is 278 g/mol. The molecule has 0 bridgehead atoms. The van der Waals surface area contributed by atoms with Crippen molar-refractivity contribution in [3.8, 4) is 0 Å². The fourth-order valence-electron chi connectivity index (χ4n) is 1.81. The van der Waals surface area contributed by atoms with Crippen LogP contribution in [0.25, 0.3) is 0 Å². The van der Waals surface area contributed by atoms with Crippen LogP contribution in [-0.2, 0) is 15.0 Å². The lowest BCUT2D eigenvalue weighted by Crippen LogP contribution is -2.53. The summed E-state index contributed by atoms with van der Waals surface area (Å²) in [5.74, 6) is -2.65. The van der Waals surface area contributed by atoms with E-state index in [4.69, 9.17) is 0 Å². The van der Waals surface area contributed by atoms with Crippen molar-refractivity contribution in [1.82, 2.24) is 0 Å². The van der Waals surface area contributed by atoms with Crippen molar-refractivity contribution in [2.45, 2.75) is 26.2 Å². The molecule has 0 aliphatic rings. The second-order valence-corrected chi connectivity index (χ2v) is 5.54. The Balaban J connectivity index is 0.00000256. The molecule has 0 unspecified atom stereocenters. The molecular formula is C11H15ClO4S. The van der Waals surface area contributed by atoms with Crippen LogP contribution in [0.4, 0.5) is 0 Å². The largest absolute Gasteiger partial charge is 0.480 e. The predicted molar refractivity (Wildman–Crippen MR) is 68.0 cm³/mol. The average Bonchev–Trinajstić information content (AvgIpc) is 2.53. The molecule has 1 heterocycles. The maximum absolute atomic E-state index is 11.4. The molecule has 0 saturated heterocycles. The molecule has 0 aliphatic carbocycles. The standard InChI is InChI=1S/C11H14O4S.ClH/c1-10(2,3)11(8(12)13,9(14)15)7-5-4-6-16-7;/h4-6H,1-3H3,(H,12,13)(H,14,15);1H. The van der Waals surface area contributed by atoms with E-state index < -0.39 is 22.8 Å². The lowest BCUT2D eigenvalue weighted by Gasteiger charge is -2.36. The molecular weight excluding hydrogens is 264 g/mol. The van der Waals surface area contributed by atoms with Gasteiger partial charge in [0.15, 0.2) is 0 Å². The number of rotatable bonds is 3. The van der Waals surface area contributed by atoms with Crippen LogP contribution in [0.1, 0.15) is 25.6 Å². The van der Waals surface area contributed by atoms with E-state index in [2.05, 4.69) is 0 Å². The molecule has 0 aromatic carbocycles. The Morgan fingerprint density at radius 3 is 1.88 bits per heavy atom. The first-order chi connectivity index (χ1) is 7.24. The van der Waals surface area contributed by atoms with Crippen molar-refractivity contribution in [3.63, 3.8) is 0 Å². The molecule has 0 amide bonds. The Bertz CT molecular complexity index is 392. The van der Waals surface area contributed by atoms with Crippen LogP contribution in [0.15, 0.2) is 17.5 Å². The smallest absolute Gasteiger partial charge is 0.327 e. The Morgan fingerprint density at radius 2 is 1.65 bits per heavy atom. The van der Waals surface area contributed by atoms with Crippen LogP contribution in [0.5, 0.6) is 0 Å². The fourth-order valence-corrected chi connectivity index (χ4v) is 2.92. The lowest BCUT2D eigenvalue weighted by molar-refractivity contribution is -0.163. The minimum absolute atomic E-state index is 0. The van der Waals surface area contributed by atoms with E-state index in [1.54, 1.807) is 38.3 Å². The van der Waals surface area contributed by atoms with Gasteiger partial charge in [-0.3, -0.25) is 9.59 Å². The highest BCUT2D eigenvalue weighted by Crippen LogP contribution is 2.44. The Labute approximate surface area is 110 Å². The number of hydrogen-bond donors (Lipinski definition) is 2. The van der Waals surface area contributed by atoms with Gasteiger partial charge in [-0.15, -0.1) is 23.7 Å². The summed E-state index contributed by atoms with van der Waals surface area (Å²) < 4.78 is 0. The van der Waals surface area contributed by atoms with Crippen LogP contribution in [0.2, 0.25) is 0 Å². The molecule has 17 heavy (non-hydrogen) atoms. The quantitative estimate of drug-likeness (QED) is 0.834. The van der Waals surface area contributed by atoms with Gasteiger partial charge in [0.2, 0.25) is 5.41 Å². The number of carboxylic acid groups (broad SMARTS) is 2. The summed E-state index contributed by atoms with van der Waals surface area (Å²) in [7, 11) is 0. The van der Waals surface area contributed by atoms with Crippen molar-refractivity contribution >= 4 is 35.7 Å². The van der Waals surface area contributed by atoms with Crippen LogP contribution < -0.4 is 0 Å². The van der Waals surface area contributed by atoms with Gasteiger partial charge in [0.1, 0.15) is 0 Å². The zero-order valence-electron chi connectivity index (χ0n) is 9.76. The molecule has 4 nitrogen and oxygen atoms in total. The molecule has 1 aromatic heterocycles. The molecule has 0 radical (unpaired) electrons. The number of halogens is 1. The van der Waals surface area contributed by atoms with Gasteiger partial charge in [0.05, 0.1) is 0 Å². The van der Waals surface area contributed by atoms with E-state index in [9.17, 15) is 19.8 Å². The van der Waals surface area contributed by atoms with Crippen LogP contribution in [0.3, 0.4) is 0 Å². The molecule has 0 fully saturated rings. The maximum atomic E-state index is 11.4. The van der Waals surface area contributed by atoms with E-state index >= 15 is 0 Å². The predicted octanol–water partition coefficient (Wildman–Crippen LogP) is 2.62. The number of aliphatic carboxylic acids is 2. The molecule has 6 heteroatoms. The molecule has 0 spiro atoms. The van der Waals surface area contributed by atoms with Crippen molar-refractivity contribution in [2.24, 2.45) is 5.41 Å².